The molecule has 4 aromatic rings. The zero-order valence-corrected chi connectivity index (χ0v) is 30.5. The van der Waals surface area contributed by atoms with Gasteiger partial charge in [-0.2, -0.15) is 0 Å². The quantitative estimate of drug-likeness (QED) is 0.111. The lowest BCUT2D eigenvalue weighted by Crippen LogP contribution is -2.51. The summed E-state index contributed by atoms with van der Waals surface area (Å²) in [6.07, 6.45) is 11.9. The van der Waals surface area contributed by atoms with E-state index in [0.717, 1.165) is 77.0 Å². The Bertz CT molecular complexity index is 1560. The van der Waals surface area contributed by atoms with Gasteiger partial charge in [-0.15, -0.1) is 0 Å². The third kappa shape index (κ3) is 7.45. The van der Waals surface area contributed by atoms with Gasteiger partial charge in [-0.05, 0) is 120 Å². The molecule has 4 aromatic carbocycles. The molecule has 0 aliphatic heterocycles. The molecule has 2 atom stereocenters. The largest absolute Gasteiger partial charge is 0.454 e. The molecule has 0 aromatic heterocycles. The van der Waals surface area contributed by atoms with Crippen molar-refractivity contribution in [3.63, 3.8) is 0 Å². The molecule has 262 valence electrons. The summed E-state index contributed by atoms with van der Waals surface area (Å²) >= 11 is 0. The highest BCUT2D eigenvalue weighted by Crippen LogP contribution is 2.56. The minimum atomic E-state index is -0.665. The Hall–Kier alpha value is -4.18. The number of carbonyl (C=O) groups is 2. The number of benzene rings is 4. The summed E-state index contributed by atoms with van der Waals surface area (Å²) in [5.41, 5.74) is 11.6. The number of hydrogen-bond acceptors (Lipinski definition) is 4. The molecule has 2 unspecified atom stereocenters. The molecule has 2 bridgehead atoms. The van der Waals surface area contributed by atoms with E-state index in [1.165, 1.54) is 44.5 Å². The van der Waals surface area contributed by atoms with Crippen molar-refractivity contribution in [2.24, 2.45) is 0 Å². The van der Waals surface area contributed by atoms with Crippen molar-refractivity contribution < 1.29 is 19.1 Å². The maximum Gasteiger partial charge on any atom is 0.338 e. The van der Waals surface area contributed by atoms with Crippen molar-refractivity contribution in [3.8, 4) is 0 Å². The molecule has 0 spiro atoms. The summed E-state index contributed by atoms with van der Waals surface area (Å²) in [6.45, 7) is 9.00. The number of carbonyl (C=O) groups excluding carboxylic acids is 2. The van der Waals surface area contributed by atoms with Gasteiger partial charge in [-0.3, -0.25) is 0 Å². The molecule has 4 heteroatoms. The van der Waals surface area contributed by atoms with Crippen LogP contribution in [0.2, 0.25) is 0 Å². The minimum Gasteiger partial charge on any atom is -0.454 e. The second-order valence-corrected chi connectivity index (χ2v) is 14.3. The molecule has 7 rings (SSSR count). The van der Waals surface area contributed by atoms with Gasteiger partial charge in [0.25, 0.3) is 0 Å². The molecule has 0 radical (unpaired) electrons. The number of rotatable bonds is 16. The maximum atomic E-state index is 13.9. The molecular weight excluding hydrogens is 617 g/mol. The van der Waals surface area contributed by atoms with E-state index < -0.39 is 12.2 Å². The first-order valence-corrected chi connectivity index (χ1v) is 19.3. The normalized spacial score (nSPS) is 18.7. The zero-order chi connectivity index (χ0) is 35.0. The van der Waals surface area contributed by atoms with Crippen molar-refractivity contribution in [2.75, 3.05) is 0 Å². The van der Waals surface area contributed by atoms with Crippen LogP contribution in [0.4, 0.5) is 0 Å². The highest BCUT2D eigenvalue weighted by atomic mass is 16.6. The van der Waals surface area contributed by atoms with Gasteiger partial charge in [0.15, 0.2) is 12.2 Å². The fourth-order valence-electron chi connectivity index (χ4n) is 8.16. The van der Waals surface area contributed by atoms with Crippen LogP contribution in [-0.2, 0) is 35.2 Å². The molecular formula is C46H54O4. The predicted octanol–water partition coefficient (Wildman–Crippen LogP) is 11.1. The third-order valence-corrected chi connectivity index (χ3v) is 10.8. The van der Waals surface area contributed by atoms with Crippen LogP contribution in [0.1, 0.15) is 156 Å². The van der Waals surface area contributed by atoms with Crippen LogP contribution in [0.5, 0.6) is 0 Å². The third-order valence-electron chi connectivity index (χ3n) is 10.8. The second-order valence-electron chi connectivity index (χ2n) is 14.3. The van der Waals surface area contributed by atoms with Crippen molar-refractivity contribution in [1.82, 2.24) is 0 Å². The van der Waals surface area contributed by atoms with Gasteiger partial charge >= 0.3 is 11.9 Å². The highest BCUT2D eigenvalue weighted by molar-refractivity contribution is 5.91. The fraction of sp³-hybridized carbons (Fsp3) is 0.435. The summed E-state index contributed by atoms with van der Waals surface area (Å²) < 4.78 is 13.2. The van der Waals surface area contributed by atoms with Gasteiger partial charge in [0, 0.05) is 0 Å². The summed E-state index contributed by atoms with van der Waals surface area (Å²) in [6, 6.07) is 28.2. The highest BCUT2D eigenvalue weighted by Gasteiger charge is 2.54. The van der Waals surface area contributed by atoms with Gasteiger partial charge in [-0.1, -0.05) is 114 Å². The molecule has 3 aliphatic carbocycles. The Labute approximate surface area is 299 Å². The number of unbranched alkanes of at least 4 members (excludes halogenated alkanes) is 4. The SMILES string of the molecule is CCCCc1cc2c(cc1CCCC)[C@H]1c3cc(CCCC)c(CCCC)cc3[C@H]2C(OC(=O)c2ccccc2)C1OC(=O)c1ccccc1. The monoisotopic (exact) mass is 670 g/mol. The number of ether oxygens (including phenoxy) is 2. The van der Waals surface area contributed by atoms with Crippen molar-refractivity contribution in [1.29, 1.82) is 0 Å². The number of esters is 2. The standard InChI is InChI=1S/C46H54O4/c1-5-9-19-33-27-37-38(28-34(33)20-10-6-2)42-40-30-36(22-12-8-4)35(21-11-7-3)29-39(40)41(37)43(49-45(47)31-23-15-13-16-24-31)44(42)50-46(48)32-25-17-14-18-26-32/h13-18,23-30,41-44H,5-12,19-22H2,1-4H3/t41-,42-,43?,44?. The Morgan fingerprint density at radius 3 is 1.00 bits per heavy atom. The average Bonchev–Trinajstić information content (AvgIpc) is 3.15. The summed E-state index contributed by atoms with van der Waals surface area (Å²) in [5.74, 6) is -1.26. The van der Waals surface area contributed by atoms with Crippen molar-refractivity contribution in [2.45, 2.75) is 129 Å². The van der Waals surface area contributed by atoms with Gasteiger partial charge < -0.3 is 9.47 Å². The van der Waals surface area contributed by atoms with E-state index in [4.69, 9.17) is 9.47 Å². The average molecular weight is 671 g/mol. The molecule has 0 N–H and O–H groups in total. The summed E-state index contributed by atoms with van der Waals surface area (Å²) in [5, 5.41) is 0. The fourth-order valence-corrected chi connectivity index (χ4v) is 8.16. The van der Waals surface area contributed by atoms with Crippen LogP contribution < -0.4 is 0 Å². The summed E-state index contributed by atoms with van der Waals surface area (Å²) in [4.78, 5) is 27.8. The molecule has 3 aliphatic rings. The van der Waals surface area contributed by atoms with Crippen LogP contribution in [0.25, 0.3) is 0 Å². The van der Waals surface area contributed by atoms with E-state index in [1.807, 2.05) is 36.4 Å². The Kier molecular flexibility index (Phi) is 11.9. The minimum absolute atomic E-state index is 0.243. The lowest BCUT2D eigenvalue weighted by molar-refractivity contribution is -0.0558. The maximum absolute atomic E-state index is 13.9. The predicted molar refractivity (Wildman–Crippen MR) is 202 cm³/mol. The van der Waals surface area contributed by atoms with Crippen LogP contribution in [0, 0.1) is 0 Å². The first-order chi connectivity index (χ1) is 24.5. The smallest absolute Gasteiger partial charge is 0.338 e. The van der Waals surface area contributed by atoms with Crippen LogP contribution in [0.3, 0.4) is 0 Å². The van der Waals surface area contributed by atoms with E-state index in [1.54, 1.807) is 24.3 Å². The molecule has 0 heterocycles. The van der Waals surface area contributed by atoms with E-state index >= 15 is 0 Å². The lowest BCUT2D eigenvalue weighted by atomic mass is 9.59. The number of aryl methyl sites for hydroxylation is 4. The molecule has 0 saturated heterocycles. The topological polar surface area (TPSA) is 52.6 Å². The van der Waals surface area contributed by atoms with E-state index in [0.29, 0.717) is 11.1 Å². The first kappa shape index (κ1) is 35.6. The Morgan fingerprint density at radius 2 is 0.740 bits per heavy atom. The first-order valence-electron chi connectivity index (χ1n) is 19.3. The van der Waals surface area contributed by atoms with Crippen molar-refractivity contribution >= 4 is 11.9 Å². The van der Waals surface area contributed by atoms with Crippen LogP contribution >= 0.6 is 0 Å². The molecule has 0 fully saturated rings. The van der Waals surface area contributed by atoms with Gasteiger partial charge in [-0.25, -0.2) is 9.59 Å². The Morgan fingerprint density at radius 1 is 0.460 bits per heavy atom. The van der Waals surface area contributed by atoms with Crippen LogP contribution in [-0.4, -0.2) is 24.1 Å². The van der Waals surface area contributed by atoms with E-state index in [-0.39, 0.29) is 23.8 Å². The molecule has 0 saturated carbocycles. The van der Waals surface area contributed by atoms with Crippen LogP contribution in [0.15, 0.2) is 84.9 Å². The second kappa shape index (κ2) is 16.7. The van der Waals surface area contributed by atoms with Gasteiger partial charge in [0.1, 0.15) is 0 Å². The molecule has 4 nitrogen and oxygen atoms in total. The van der Waals surface area contributed by atoms with Gasteiger partial charge in [0.2, 0.25) is 0 Å². The number of hydrogen-bond donors (Lipinski definition) is 0. The lowest BCUT2D eigenvalue weighted by Gasteiger charge is -2.49. The van der Waals surface area contributed by atoms with E-state index in [2.05, 4.69) is 52.0 Å². The van der Waals surface area contributed by atoms with Gasteiger partial charge in [0.05, 0.1) is 23.0 Å². The summed E-state index contributed by atoms with van der Waals surface area (Å²) in [7, 11) is 0. The molecule has 0 amide bonds. The van der Waals surface area contributed by atoms with Crippen molar-refractivity contribution in [3.05, 3.63) is 141 Å². The Balaban J connectivity index is 1.56. The molecule has 50 heavy (non-hydrogen) atoms. The zero-order valence-electron chi connectivity index (χ0n) is 30.5. The van der Waals surface area contributed by atoms with E-state index in [9.17, 15) is 9.59 Å². The number of fused-ring (bicyclic) bond motifs is 1.